The molecule has 98 valence electrons. The fourth-order valence-corrected chi connectivity index (χ4v) is 1.99. The van der Waals surface area contributed by atoms with Gasteiger partial charge in [0.2, 0.25) is 0 Å². The van der Waals surface area contributed by atoms with Gasteiger partial charge in [-0.15, -0.1) is 0 Å². The molecular weight excluding hydrogens is 245 g/mol. The largest absolute Gasteiger partial charge is 0.417 e. The van der Waals surface area contributed by atoms with Gasteiger partial charge in [0.15, 0.2) is 0 Å². The van der Waals surface area contributed by atoms with Gasteiger partial charge in [-0.3, -0.25) is 9.78 Å². The Morgan fingerprint density at radius 2 is 1.83 bits per heavy atom. The Bertz CT molecular complexity index is 439. The molecule has 1 aliphatic heterocycles. The second-order valence-corrected chi connectivity index (χ2v) is 4.31. The number of amides is 1. The number of aromatic nitrogens is 1. The number of rotatable bonds is 1. The Kier molecular flexibility index (Phi) is 3.54. The van der Waals surface area contributed by atoms with Crippen LogP contribution in [-0.2, 0) is 6.18 Å². The van der Waals surface area contributed by atoms with E-state index in [1.807, 2.05) is 0 Å². The van der Waals surface area contributed by atoms with E-state index >= 15 is 0 Å². The molecule has 6 heteroatoms. The molecule has 2 heterocycles. The van der Waals surface area contributed by atoms with E-state index in [0.29, 0.717) is 13.1 Å². The fraction of sp³-hybridized carbons (Fsp3) is 0.500. The summed E-state index contributed by atoms with van der Waals surface area (Å²) in [6.07, 6.45) is 0.311. The molecular formula is C12H13F3N2O. The lowest BCUT2D eigenvalue weighted by atomic mass is 10.1. The zero-order chi connectivity index (χ0) is 13.2. The number of carbonyl (C=O) groups is 1. The minimum Gasteiger partial charge on any atom is -0.339 e. The molecule has 2 rings (SSSR count). The van der Waals surface area contributed by atoms with Crippen LogP contribution in [0.2, 0.25) is 0 Å². The van der Waals surface area contributed by atoms with Crippen LogP contribution in [-0.4, -0.2) is 28.9 Å². The first-order chi connectivity index (χ1) is 8.48. The van der Waals surface area contributed by atoms with Crippen LogP contribution in [0.4, 0.5) is 13.2 Å². The number of hydrogen-bond donors (Lipinski definition) is 0. The van der Waals surface area contributed by atoms with Gasteiger partial charge in [0.05, 0.1) is 11.1 Å². The van der Waals surface area contributed by atoms with Gasteiger partial charge in [-0.1, -0.05) is 0 Å². The lowest BCUT2D eigenvalue weighted by molar-refractivity contribution is -0.137. The normalized spacial score (nSPS) is 16.7. The van der Waals surface area contributed by atoms with E-state index < -0.39 is 11.7 Å². The fourth-order valence-electron chi connectivity index (χ4n) is 1.99. The van der Waals surface area contributed by atoms with Gasteiger partial charge in [-0.05, 0) is 25.3 Å². The second-order valence-electron chi connectivity index (χ2n) is 4.31. The molecule has 18 heavy (non-hydrogen) atoms. The number of halogens is 3. The molecule has 0 aliphatic carbocycles. The summed E-state index contributed by atoms with van der Waals surface area (Å²) in [6.45, 7) is 1.21. The van der Waals surface area contributed by atoms with Crippen LogP contribution in [0, 0.1) is 0 Å². The van der Waals surface area contributed by atoms with Gasteiger partial charge in [0, 0.05) is 25.5 Å². The van der Waals surface area contributed by atoms with Gasteiger partial charge >= 0.3 is 6.18 Å². The summed E-state index contributed by atoms with van der Waals surface area (Å²) in [7, 11) is 0. The van der Waals surface area contributed by atoms with Gasteiger partial charge in [0.25, 0.3) is 5.91 Å². The van der Waals surface area contributed by atoms with E-state index in [1.165, 1.54) is 6.20 Å². The van der Waals surface area contributed by atoms with E-state index in [0.717, 1.165) is 31.5 Å². The minimum absolute atomic E-state index is 0.00623. The highest BCUT2D eigenvalue weighted by atomic mass is 19.4. The van der Waals surface area contributed by atoms with Crippen molar-refractivity contribution in [3.8, 4) is 0 Å². The van der Waals surface area contributed by atoms with Gasteiger partial charge in [-0.25, -0.2) is 0 Å². The Morgan fingerprint density at radius 3 is 2.44 bits per heavy atom. The molecule has 1 aromatic rings. The molecule has 0 saturated carbocycles. The van der Waals surface area contributed by atoms with Crippen LogP contribution in [0.15, 0.2) is 18.5 Å². The first kappa shape index (κ1) is 12.9. The molecule has 1 aromatic heterocycles. The molecule has 0 aromatic carbocycles. The van der Waals surface area contributed by atoms with Crippen LogP contribution in [0.5, 0.6) is 0 Å². The summed E-state index contributed by atoms with van der Waals surface area (Å²) >= 11 is 0. The third-order valence-corrected chi connectivity index (χ3v) is 2.96. The number of piperidine rings is 1. The van der Waals surface area contributed by atoms with Gasteiger partial charge in [-0.2, -0.15) is 13.2 Å². The molecule has 0 bridgehead atoms. The van der Waals surface area contributed by atoms with Crippen molar-refractivity contribution in [2.75, 3.05) is 13.1 Å². The Labute approximate surface area is 103 Å². The second kappa shape index (κ2) is 4.96. The van der Waals surface area contributed by atoms with Crippen LogP contribution in [0.25, 0.3) is 0 Å². The van der Waals surface area contributed by atoms with Crippen molar-refractivity contribution in [3.05, 3.63) is 29.6 Å². The van der Waals surface area contributed by atoms with Crippen molar-refractivity contribution >= 4 is 5.91 Å². The Balaban J connectivity index is 2.20. The number of nitrogens with zero attached hydrogens (tertiary/aromatic N) is 2. The molecule has 0 spiro atoms. The lowest BCUT2D eigenvalue weighted by Crippen LogP contribution is -2.35. The maximum absolute atomic E-state index is 12.5. The molecule has 0 unspecified atom stereocenters. The molecule has 3 nitrogen and oxygen atoms in total. The third kappa shape index (κ3) is 2.80. The van der Waals surface area contributed by atoms with Crippen LogP contribution < -0.4 is 0 Å². The van der Waals surface area contributed by atoms with Crippen molar-refractivity contribution in [2.45, 2.75) is 25.4 Å². The number of pyridine rings is 1. The molecule has 0 atom stereocenters. The van der Waals surface area contributed by atoms with Gasteiger partial charge in [0.1, 0.15) is 0 Å². The van der Waals surface area contributed by atoms with E-state index in [1.54, 1.807) is 4.90 Å². The summed E-state index contributed by atoms with van der Waals surface area (Å²) in [4.78, 5) is 17.1. The minimum atomic E-state index is -4.47. The predicted octanol–water partition coefficient (Wildman–Crippen LogP) is 2.73. The summed E-state index contributed by atoms with van der Waals surface area (Å²) in [5.74, 6) is -0.367. The van der Waals surface area contributed by atoms with Crippen molar-refractivity contribution in [1.82, 2.24) is 9.88 Å². The number of carbonyl (C=O) groups excluding carboxylic acids is 1. The topological polar surface area (TPSA) is 33.2 Å². The highest BCUT2D eigenvalue weighted by Gasteiger charge is 2.32. The first-order valence-electron chi connectivity index (χ1n) is 5.80. The molecule has 0 N–H and O–H groups in total. The van der Waals surface area contributed by atoms with Crippen molar-refractivity contribution in [1.29, 1.82) is 0 Å². The average molecular weight is 258 g/mol. The maximum atomic E-state index is 12.5. The Hall–Kier alpha value is -1.59. The number of likely N-dealkylation sites (tertiary alicyclic amines) is 1. The van der Waals surface area contributed by atoms with E-state index in [-0.39, 0.29) is 11.5 Å². The lowest BCUT2D eigenvalue weighted by Gasteiger charge is -2.26. The molecule has 1 fully saturated rings. The summed E-state index contributed by atoms with van der Waals surface area (Å²) in [5.41, 5.74) is -0.878. The third-order valence-electron chi connectivity index (χ3n) is 2.96. The molecule has 0 radical (unpaired) electrons. The zero-order valence-corrected chi connectivity index (χ0v) is 9.70. The summed E-state index contributed by atoms with van der Waals surface area (Å²) < 4.78 is 37.5. The number of alkyl halides is 3. The summed E-state index contributed by atoms with van der Waals surface area (Å²) in [6, 6.07) is 0.865. The Morgan fingerprint density at radius 1 is 1.17 bits per heavy atom. The van der Waals surface area contributed by atoms with Crippen molar-refractivity contribution < 1.29 is 18.0 Å². The van der Waals surface area contributed by atoms with E-state index in [4.69, 9.17) is 0 Å². The van der Waals surface area contributed by atoms with Crippen LogP contribution in [0.1, 0.15) is 35.2 Å². The van der Waals surface area contributed by atoms with Crippen molar-refractivity contribution in [2.24, 2.45) is 0 Å². The zero-order valence-electron chi connectivity index (χ0n) is 9.70. The van der Waals surface area contributed by atoms with E-state index in [9.17, 15) is 18.0 Å². The maximum Gasteiger partial charge on any atom is 0.417 e. The van der Waals surface area contributed by atoms with Crippen LogP contribution in [0.3, 0.4) is 0 Å². The molecule has 1 aliphatic rings. The highest BCUT2D eigenvalue weighted by Crippen LogP contribution is 2.29. The summed E-state index contributed by atoms with van der Waals surface area (Å²) in [5, 5.41) is 0. The smallest absolute Gasteiger partial charge is 0.339 e. The standard InChI is InChI=1S/C12H13F3N2O/c13-12(14,15)10-6-9(7-16-8-10)11(18)17-4-2-1-3-5-17/h6-8H,1-5H2. The monoisotopic (exact) mass is 258 g/mol. The van der Waals surface area contributed by atoms with Crippen molar-refractivity contribution in [3.63, 3.8) is 0 Å². The molecule has 1 amide bonds. The van der Waals surface area contributed by atoms with Gasteiger partial charge < -0.3 is 4.90 Å². The SMILES string of the molecule is O=C(c1cncc(C(F)(F)F)c1)N1CCCCC1. The quantitative estimate of drug-likeness (QED) is 0.776. The molecule has 1 saturated heterocycles. The first-order valence-corrected chi connectivity index (χ1v) is 5.80. The number of hydrogen-bond acceptors (Lipinski definition) is 2. The highest BCUT2D eigenvalue weighted by molar-refractivity contribution is 5.94. The van der Waals surface area contributed by atoms with E-state index in [2.05, 4.69) is 4.98 Å². The van der Waals surface area contributed by atoms with Crippen LogP contribution >= 0.6 is 0 Å². The average Bonchev–Trinajstić information content (AvgIpc) is 2.38. The predicted molar refractivity (Wildman–Crippen MR) is 59.0 cm³/mol.